The molecular formula is C18H20F2N2OS. The lowest BCUT2D eigenvalue weighted by Crippen LogP contribution is -2.40. The maximum absolute atomic E-state index is 13.7. The predicted octanol–water partition coefficient (Wildman–Crippen LogP) is 4.21. The minimum Gasteiger partial charge on any atom is -0.338 e. The number of hydrogen-bond donors (Lipinski definition) is 0. The van der Waals surface area contributed by atoms with Crippen LogP contribution in [0.5, 0.6) is 0 Å². The largest absolute Gasteiger partial charge is 0.338 e. The first-order valence-electron chi connectivity index (χ1n) is 8.18. The Morgan fingerprint density at radius 1 is 1.38 bits per heavy atom. The second-order valence-electron chi connectivity index (χ2n) is 6.27. The first-order valence-corrected chi connectivity index (χ1v) is 9.06. The molecule has 1 aromatic heterocycles. The van der Waals surface area contributed by atoms with Crippen LogP contribution >= 0.6 is 11.3 Å². The van der Waals surface area contributed by atoms with Crippen molar-refractivity contribution < 1.29 is 13.6 Å². The molecule has 1 aliphatic rings. The number of hydrogen-bond acceptors (Lipinski definition) is 3. The standard InChI is InChI=1S/C18H20F2N2OS/c1-12-17(24-11-21-12)18(23)22-9-3-4-13(10-22)7-8-14-15(19)5-2-6-16(14)20/h2,5-6,11,13H,3-4,7-10H2,1H3. The number of rotatable bonds is 4. The zero-order valence-corrected chi connectivity index (χ0v) is 14.4. The fraction of sp³-hybridized carbons (Fsp3) is 0.444. The maximum atomic E-state index is 13.7. The Labute approximate surface area is 144 Å². The third-order valence-corrected chi connectivity index (χ3v) is 5.53. The van der Waals surface area contributed by atoms with Crippen LogP contribution < -0.4 is 0 Å². The first-order chi connectivity index (χ1) is 11.6. The van der Waals surface area contributed by atoms with E-state index in [4.69, 9.17) is 0 Å². The Balaban J connectivity index is 1.62. The lowest BCUT2D eigenvalue weighted by atomic mass is 9.91. The van der Waals surface area contributed by atoms with Gasteiger partial charge in [-0.05, 0) is 50.7 Å². The molecule has 2 heterocycles. The van der Waals surface area contributed by atoms with Crippen molar-refractivity contribution in [3.8, 4) is 0 Å². The monoisotopic (exact) mass is 350 g/mol. The summed E-state index contributed by atoms with van der Waals surface area (Å²) in [6.07, 6.45) is 2.96. The number of aryl methyl sites for hydroxylation is 1. The average Bonchev–Trinajstić information content (AvgIpc) is 3.00. The molecule has 1 atom stereocenters. The van der Waals surface area contributed by atoms with E-state index in [-0.39, 0.29) is 17.4 Å². The van der Waals surface area contributed by atoms with Gasteiger partial charge < -0.3 is 4.90 Å². The molecule has 3 rings (SSSR count). The van der Waals surface area contributed by atoms with Crippen molar-refractivity contribution in [3.63, 3.8) is 0 Å². The molecular weight excluding hydrogens is 330 g/mol. The highest BCUT2D eigenvalue weighted by atomic mass is 32.1. The van der Waals surface area contributed by atoms with Gasteiger partial charge in [0.2, 0.25) is 0 Å². The number of carbonyl (C=O) groups is 1. The number of halogens is 2. The Hall–Kier alpha value is -1.82. The summed E-state index contributed by atoms with van der Waals surface area (Å²) >= 11 is 1.37. The van der Waals surface area contributed by atoms with Crippen LogP contribution in [0.3, 0.4) is 0 Å². The number of piperidine rings is 1. The Kier molecular flexibility index (Phi) is 5.23. The summed E-state index contributed by atoms with van der Waals surface area (Å²) in [5.74, 6) is -0.676. The lowest BCUT2D eigenvalue weighted by molar-refractivity contribution is 0.0672. The second-order valence-corrected chi connectivity index (χ2v) is 7.12. The number of aromatic nitrogens is 1. The van der Waals surface area contributed by atoms with Gasteiger partial charge in [-0.1, -0.05) is 6.07 Å². The number of carbonyl (C=O) groups excluding carboxylic acids is 1. The molecule has 1 aromatic carbocycles. The molecule has 1 aliphatic heterocycles. The molecule has 2 aromatic rings. The van der Waals surface area contributed by atoms with Crippen LogP contribution in [0.1, 0.15) is 40.2 Å². The summed E-state index contributed by atoms with van der Waals surface area (Å²) < 4.78 is 27.5. The first kappa shape index (κ1) is 17.0. The van der Waals surface area contributed by atoms with Crippen LogP contribution in [0, 0.1) is 24.5 Å². The fourth-order valence-electron chi connectivity index (χ4n) is 3.26. The summed E-state index contributed by atoms with van der Waals surface area (Å²) in [4.78, 5) is 19.3. The summed E-state index contributed by atoms with van der Waals surface area (Å²) in [7, 11) is 0. The summed E-state index contributed by atoms with van der Waals surface area (Å²) in [5.41, 5.74) is 2.60. The molecule has 24 heavy (non-hydrogen) atoms. The molecule has 1 fully saturated rings. The molecule has 0 aliphatic carbocycles. The van der Waals surface area contributed by atoms with E-state index in [1.54, 1.807) is 5.51 Å². The van der Waals surface area contributed by atoms with Crippen molar-refractivity contribution in [3.05, 3.63) is 51.5 Å². The molecule has 1 saturated heterocycles. The number of likely N-dealkylation sites (tertiary alicyclic amines) is 1. The van der Waals surface area contributed by atoms with Gasteiger partial charge in [0.25, 0.3) is 5.91 Å². The molecule has 1 unspecified atom stereocenters. The normalized spacial score (nSPS) is 18.0. The van der Waals surface area contributed by atoms with Crippen LogP contribution in [0.15, 0.2) is 23.7 Å². The fourth-order valence-corrected chi connectivity index (χ4v) is 4.02. The van der Waals surface area contributed by atoms with Crippen LogP contribution in [0.4, 0.5) is 8.78 Å². The Bertz CT molecular complexity index is 711. The topological polar surface area (TPSA) is 33.2 Å². The lowest BCUT2D eigenvalue weighted by Gasteiger charge is -2.32. The molecule has 128 valence electrons. The molecule has 3 nitrogen and oxygen atoms in total. The van der Waals surface area contributed by atoms with Gasteiger partial charge >= 0.3 is 0 Å². The summed E-state index contributed by atoms with van der Waals surface area (Å²) in [5, 5.41) is 0. The van der Waals surface area contributed by atoms with E-state index >= 15 is 0 Å². The van der Waals surface area contributed by atoms with Gasteiger partial charge in [-0.2, -0.15) is 0 Å². The number of amides is 1. The van der Waals surface area contributed by atoms with E-state index in [2.05, 4.69) is 4.98 Å². The second kappa shape index (κ2) is 7.38. The zero-order chi connectivity index (χ0) is 17.1. The predicted molar refractivity (Wildman–Crippen MR) is 90.2 cm³/mol. The minimum atomic E-state index is -0.487. The van der Waals surface area contributed by atoms with Gasteiger partial charge in [-0.25, -0.2) is 13.8 Å². The number of benzene rings is 1. The van der Waals surface area contributed by atoms with E-state index in [9.17, 15) is 13.6 Å². The van der Waals surface area contributed by atoms with Crippen LogP contribution in [0.2, 0.25) is 0 Å². The van der Waals surface area contributed by atoms with Crippen molar-refractivity contribution in [2.24, 2.45) is 5.92 Å². The zero-order valence-electron chi connectivity index (χ0n) is 13.6. The summed E-state index contributed by atoms with van der Waals surface area (Å²) in [6.45, 7) is 3.22. The molecule has 6 heteroatoms. The van der Waals surface area contributed by atoms with E-state index in [0.29, 0.717) is 24.3 Å². The van der Waals surface area contributed by atoms with Gasteiger partial charge in [-0.3, -0.25) is 4.79 Å². The SMILES string of the molecule is Cc1ncsc1C(=O)N1CCCC(CCc2c(F)cccc2F)C1. The van der Waals surface area contributed by atoms with E-state index in [1.165, 1.54) is 29.5 Å². The third kappa shape index (κ3) is 3.64. The van der Waals surface area contributed by atoms with Gasteiger partial charge in [0.1, 0.15) is 16.5 Å². The smallest absolute Gasteiger partial charge is 0.265 e. The van der Waals surface area contributed by atoms with Crippen LogP contribution in [-0.4, -0.2) is 28.9 Å². The maximum Gasteiger partial charge on any atom is 0.265 e. The number of nitrogens with zero attached hydrogens (tertiary/aromatic N) is 2. The Morgan fingerprint density at radius 3 is 2.79 bits per heavy atom. The van der Waals surface area contributed by atoms with Crippen molar-refractivity contribution in [1.82, 2.24) is 9.88 Å². The van der Waals surface area contributed by atoms with Gasteiger partial charge in [0.05, 0.1) is 11.2 Å². The van der Waals surface area contributed by atoms with Gasteiger partial charge in [0, 0.05) is 18.7 Å². The van der Waals surface area contributed by atoms with Crippen molar-refractivity contribution in [1.29, 1.82) is 0 Å². The Morgan fingerprint density at radius 2 is 2.12 bits per heavy atom. The van der Waals surface area contributed by atoms with Crippen LogP contribution in [-0.2, 0) is 6.42 Å². The average molecular weight is 350 g/mol. The molecule has 0 bridgehead atoms. The third-order valence-electron chi connectivity index (χ3n) is 4.61. The van der Waals surface area contributed by atoms with E-state index in [0.717, 1.165) is 25.1 Å². The molecule has 0 radical (unpaired) electrons. The highest BCUT2D eigenvalue weighted by Crippen LogP contribution is 2.25. The van der Waals surface area contributed by atoms with Crippen molar-refractivity contribution in [2.45, 2.75) is 32.6 Å². The molecule has 0 spiro atoms. The van der Waals surface area contributed by atoms with E-state index < -0.39 is 11.6 Å². The van der Waals surface area contributed by atoms with Crippen molar-refractivity contribution >= 4 is 17.2 Å². The summed E-state index contributed by atoms with van der Waals surface area (Å²) in [6, 6.07) is 3.97. The molecule has 0 saturated carbocycles. The highest BCUT2D eigenvalue weighted by molar-refractivity contribution is 7.11. The number of thiazole rings is 1. The van der Waals surface area contributed by atoms with Crippen molar-refractivity contribution in [2.75, 3.05) is 13.1 Å². The van der Waals surface area contributed by atoms with Gasteiger partial charge in [0.15, 0.2) is 0 Å². The van der Waals surface area contributed by atoms with E-state index in [1.807, 2.05) is 11.8 Å². The highest BCUT2D eigenvalue weighted by Gasteiger charge is 2.26. The quantitative estimate of drug-likeness (QED) is 0.827. The minimum absolute atomic E-state index is 0.0248. The van der Waals surface area contributed by atoms with Crippen LogP contribution in [0.25, 0.3) is 0 Å². The molecule has 1 amide bonds. The van der Waals surface area contributed by atoms with Gasteiger partial charge in [-0.15, -0.1) is 11.3 Å². The molecule has 0 N–H and O–H groups in total.